The molecule has 1 heterocycles. The molecule has 0 aliphatic heterocycles. The SMILES string of the molecule is N#Cc1cnc(NCCNC(=O)Cc2cccc(F)c2)c(Cl)c1. The molecule has 5 nitrogen and oxygen atoms in total. The summed E-state index contributed by atoms with van der Waals surface area (Å²) in [7, 11) is 0. The van der Waals surface area contributed by atoms with Gasteiger partial charge in [-0.25, -0.2) is 9.37 Å². The molecule has 0 saturated carbocycles. The molecule has 23 heavy (non-hydrogen) atoms. The highest BCUT2D eigenvalue weighted by Gasteiger charge is 2.05. The highest BCUT2D eigenvalue weighted by atomic mass is 35.5. The fourth-order valence-corrected chi connectivity index (χ4v) is 2.14. The molecule has 0 aliphatic rings. The Hall–Kier alpha value is -2.65. The number of aromatic nitrogens is 1. The van der Waals surface area contributed by atoms with E-state index in [-0.39, 0.29) is 18.1 Å². The summed E-state index contributed by atoms with van der Waals surface area (Å²) in [4.78, 5) is 15.8. The molecular formula is C16H14ClFN4O. The summed E-state index contributed by atoms with van der Waals surface area (Å²) in [6, 6.07) is 9.39. The van der Waals surface area contributed by atoms with Gasteiger partial charge in [-0.1, -0.05) is 23.7 Å². The molecule has 0 saturated heterocycles. The maximum absolute atomic E-state index is 13.0. The molecule has 0 radical (unpaired) electrons. The van der Waals surface area contributed by atoms with Gasteiger partial charge in [-0.3, -0.25) is 4.79 Å². The summed E-state index contributed by atoms with van der Waals surface area (Å²) in [5.74, 6) is -0.111. The van der Waals surface area contributed by atoms with E-state index in [9.17, 15) is 9.18 Å². The van der Waals surface area contributed by atoms with Gasteiger partial charge < -0.3 is 10.6 Å². The number of carbonyl (C=O) groups is 1. The average molecular weight is 333 g/mol. The number of rotatable bonds is 6. The lowest BCUT2D eigenvalue weighted by Crippen LogP contribution is -2.30. The third-order valence-electron chi connectivity index (χ3n) is 2.96. The van der Waals surface area contributed by atoms with Crippen molar-refractivity contribution in [1.82, 2.24) is 10.3 Å². The van der Waals surface area contributed by atoms with Crippen LogP contribution in [0.3, 0.4) is 0 Å². The normalized spacial score (nSPS) is 9.96. The van der Waals surface area contributed by atoms with Gasteiger partial charge in [-0.15, -0.1) is 0 Å². The van der Waals surface area contributed by atoms with Gasteiger partial charge in [-0.2, -0.15) is 5.26 Å². The third kappa shape index (κ3) is 5.24. The number of halogens is 2. The molecule has 0 atom stereocenters. The minimum Gasteiger partial charge on any atom is -0.367 e. The van der Waals surface area contributed by atoms with Crippen molar-refractivity contribution in [3.8, 4) is 6.07 Å². The van der Waals surface area contributed by atoms with Crippen molar-refractivity contribution in [2.24, 2.45) is 0 Å². The Bertz CT molecular complexity index is 745. The van der Waals surface area contributed by atoms with Crippen LogP contribution in [0.25, 0.3) is 0 Å². The lowest BCUT2D eigenvalue weighted by atomic mass is 10.1. The minimum atomic E-state index is -0.363. The van der Waals surface area contributed by atoms with Gasteiger partial charge in [0, 0.05) is 19.3 Å². The molecule has 0 bridgehead atoms. The molecule has 0 unspecified atom stereocenters. The van der Waals surface area contributed by atoms with Gasteiger partial charge in [0.05, 0.1) is 17.0 Å². The van der Waals surface area contributed by atoms with E-state index >= 15 is 0 Å². The molecule has 0 aliphatic carbocycles. The number of nitrogens with zero attached hydrogens (tertiary/aromatic N) is 2. The van der Waals surface area contributed by atoms with Crippen molar-refractivity contribution < 1.29 is 9.18 Å². The minimum absolute atomic E-state index is 0.119. The molecule has 2 rings (SSSR count). The Morgan fingerprint density at radius 3 is 2.87 bits per heavy atom. The van der Waals surface area contributed by atoms with E-state index in [1.807, 2.05) is 6.07 Å². The standard InChI is InChI=1S/C16H14ClFN4O/c17-14-7-12(9-19)10-22-16(14)21-5-4-20-15(23)8-11-2-1-3-13(18)6-11/h1-3,6-7,10H,4-5,8H2,(H,20,23)(H,21,22). The zero-order valence-electron chi connectivity index (χ0n) is 12.1. The molecule has 0 fully saturated rings. The number of nitriles is 1. The van der Waals surface area contributed by atoms with Crippen LogP contribution in [-0.4, -0.2) is 24.0 Å². The number of nitrogens with one attached hydrogen (secondary N) is 2. The predicted octanol–water partition coefficient (Wildman–Crippen LogP) is 2.52. The van der Waals surface area contributed by atoms with Crippen molar-refractivity contribution in [1.29, 1.82) is 5.26 Å². The van der Waals surface area contributed by atoms with E-state index in [0.29, 0.717) is 35.1 Å². The van der Waals surface area contributed by atoms with E-state index in [2.05, 4.69) is 15.6 Å². The van der Waals surface area contributed by atoms with E-state index in [4.69, 9.17) is 16.9 Å². The Morgan fingerprint density at radius 2 is 2.17 bits per heavy atom. The van der Waals surface area contributed by atoms with Gasteiger partial charge in [0.25, 0.3) is 0 Å². The summed E-state index contributed by atoms with van der Waals surface area (Å²) < 4.78 is 13.0. The molecule has 1 aromatic carbocycles. The first-order valence-corrected chi connectivity index (χ1v) is 7.27. The lowest BCUT2D eigenvalue weighted by Gasteiger charge is -2.09. The van der Waals surface area contributed by atoms with Crippen LogP contribution in [0.4, 0.5) is 10.2 Å². The lowest BCUT2D eigenvalue weighted by molar-refractivity contribution is -0.120. The molecule has 2 N–H and O–H groups in total. The van der Waals surface area contributed by atoms with Crippen LogP contribution in [0.15, 0.2) is 36.5 Å². The molecule has 7 heteroatoms. The average Bonchev–Trinajstić information content (AvgIpc) is 2.52. The fourth-order valence-electron chi connectivity index (χ4n) is 1.91. The fraction of sp³-hybridized carbons (Fsp3) is 0.188. The predicted molar refractivity (Wildman–Crippen MR) is 85.6 cm³/mol. The molecule has 1 amide bonds. The Labute approximate surface area is 138 Å². The zero-order chi connectivity index (χ0) is 16.7. The highest BCUT2D eigenvalue weighted by molar-refractivity contribution is 6.33. The number of benzene rings is 1. The van der Waals surface area contributed by atoms with Crippen LogP contribution in [0.5, 0.6) is 0 Å². The Balaban J connectivity index is 1.75. The quantitative estimate of drug-likeness (QED) is 0.797. The van der Waals surface area contributed by atoms with Gasteiger partial charge in [0.2, 0.25) is 5.91 Å². The van der Waals surface area contributed by atoms with E-state index < -0.39 is 0 Å². The number of hydrogen-bond acceptors (Lipinski definition) is 4. The van der Waals surface area contributed by atoms with Crippen LogP contribution >= 0.6 is 11.6 Å². The number of hydrogen-bond donors (Lipinski definition) is 2. The van der Waals surface area contributed by atoms with Crippen molar-refractivity contribution in [3.63, 3.8) is 0 Å². The zero-order valence-corrected chi connectivity index (χ0v) is 12.9. The molecule has 0 spiro atoms. The van der Waals surface area contributed by atoms with Crippen molar-refractivity contribution in [2.45, 2.75) is 6.42 Å². The van der Waals surface area contributed by atoms with E-state index in [0.717, 1.165) is 0 Å². The summed E-state index contributed by atoms with van der Waals surface area (Å²) in [6.45, 7) is 0.791. The first kappa shape index (κ1) is 16.7. The summed E-state index contributed by atoms with van der Waals surface area (Å²) >= 11 is 5.97. The number of amides is 1. The van der Waals surface area contributed by atoms with Crippen LogP contribution < -0.4 is 10.6 Å². The topological polar surface area (TPSA) is 77.8 Å². The first-order valence-electron chi connectivity index (χ1n) is 6.89. The van der Waals surface area contributed by atoms with E-state index in [1.54, 1.807) is 12.1 Å². The van der Waals surface area contributed by atoms with Crippen molar-refractivity contribution >= 4 is 23.3 Å². The smallest absolute Gasteiger partial charge is 0.224 e. The molecule has 2 aromatic rings. The summed E-state index contributed by atoms with van der Waals surface area (Å²) in [6.07, 6.45) is 1.53. The monoisotopic (exact) mass is 332 g/mol. The number of carbonyl (C=O) groups excluding carboxylic acids is 1. The number of anilines is 1. The van der Waals surface area contributed by atoms with Crippen LogP contribution in [0, 0.1) is 17.1 Å². The van der Waals surface area contributed by atoms with Crippen molar-refractivity contribution in [3.05, 3.63) is 58.5 Å². The van der Waals surface area contributed by atoms with Crippen molar-refractivity contribution in [2.75, 3.05) is 18.4 Å². The molecule has 1 aromatic heterocycles. The first-order chi connectivity index (χ1) is 11.1. The third-order valence-corrected chi connectivity index (χ3v) is 3.25. The van der Waals surface area contributed by atoms with E-state index in [1.165, 1.54) is 24.4 Å². The van der Waals surface area contributed by atoms with Gasteiger partial charge in [0.1, 0.15) is 17.7 Å². The largest absolute Gasteiger partial charge is 0.367 e. The Morgan fingerprint density at radius 1 is 1.35 bits per heavy atom. The number of pyridine rings is 1. The highest BCUT2D eigenvalue weighted by Crippen LogP contribution is 2.19. The maximum Gasteiger partial charge on any atom is 0.224 e. The van der Waals surface area contributed by atoms with Gasteiger partial charge >= 0.3 is 0 Å². The molecule has 118 valence electrons. The van der Waals surface area contributed by atoms with Gasteiger partial charge in [-0.05, 0) is 23.8 Å². The van der Waals surface area contributed by atoms with Crippen LogP contribution in [0.2, 0.25) is 5.02 Å². The maximum atomic E-state index is 13.0. The second-order valence-corrected chi connectivity index (χ2v) is 5.16. The second-order valence-electron chi connectivity index (χ2n) is 4.75. The summed E-state index contributed by atoms with van der Waals surface area (Å²) in [5.41, 5.74) is 0.996. The van der Waals surface area contributed by atoms with Gasteiger partial charge in [0.15, 0.2) is 0 Å². The Kier molecular flexibility index (Phi) is 5.89. The van der Waals surface area contributed by atoms with Crippen LogP contribution in [0.1, 0.15) is 11.1 Å². The second kappa shape index (κ2) is 8.11. The summed E-state index contributed by atoms with van der Waals surface area (Å²) in [5, 5.41) is 14.8. The van der Waals surface area contributed by atoms with Crippen LogP contribution in [-0.2, 0) is 11.2 Å². The molecular weight excluding hydrogens is 319 g/mol.